The molecule has 0 aliphatic carbocycles. The maximum absolute atomic E-state index is 12.4. The van der Waals surface area contributed by atoms with Gasteiger partial charge >= 0.3 is 0 Å². The summed E-state index contributed by atoms with van der Waals surface area (Å²) in [4.78, 5) is 12.4. The zero-order valence-corrected chi connectivity index (χ0v) is 13.9. The van der Waals surface area contributed by atoms with Crippen LogP contribution < -0.4 is 5.32 Å². The van der Waals surface area contributed by atoms with E-state index in [2.05, 4.69) is 24.4 Å². The minimum absolute atomic E-state index is 0.0317. The average molecular weight is 291 g/mol. The molecular formula is C18H29NO2. The highest BCUT2D eigenvalue weighted by molar-refractivity contribution is 5.87. The quantitative estimate of drug-likeness (QED) is 0.811. The Labute approximate surface area is 128 Å². The smallest absolute Gasteiger partial charge is 0.230 e. The molecule has 0 aromatic heterocycles. The van der Waals surface area contributed by atoms with E-state index in [-0.39, 0.29) is 17.9 Å². The molecule has 21 heavy (non-hydrogen) atoms. The number of aliphatic hydroxyl groups is 1. The van der Waals surface area contributed by atoms with Gasteiger partial charge in [-0.25, -0.2) is 0 Å². The van der Waals surface area contributed by atoms with Crippen molar-refractivity contribution >= 4 is 5.91 Å². The molecule has 0 aliphatic heterocycles. The molecule has 2 atom stereocenters. The molecule has 1 amide bonds. The summed E-state index contributed by atoms with van der Waals surface area (Å²) in [6.45, 7) is 10.4. The topological polar surface area (TPSA) is 49.3 Å². The van der Waals surface area contributed by atoms with Crippen molar-refractivity contribution in [2.45, 2.75) is 59.0 Å². The molecule has 118 valence electrons. The van der Waals surface area contributed by atoms with Crippen molar-refractivity contribution in [2.75, 3.05) is 6.54 Å². The number of rotatable bonds is 7. The first-order chi connectivity index (χ1) is 9.77. The van der Waals surface area contributed by atoms with Crippen molar-refractivity contribution in [1.82, 2.24) is 5.32 Å². The van der Waals surface area contributed by atoms with E-state index >= 15 is 0 Å². The number of hydrogen-bond donors (Lipinski definition) is 2. The summed E-state index contributed by atoms with van der Waals surface area (Å²) in [5.74, 6) is 0.302. The van der Waals surface area contributed by atoms with Crippen molar-refractivity contribution in [1.29, 1.82) is 0 Å². The van der Waals surface area contributed by atoms with Crippen LogP contribution in [0.4, 0.5) is 0 Å². The van der Waals surface area contributed by atoms with E-state index in [4.69, 9.17) is 0 Å². The van der Waals surface area contributed by atoms with E-state index in [1.807, 2.05) is 32.9 Å². The Morgan fingerprint density at radius 1 is 1.24 bits per heavy atom. The van der Waals surface area contributed by atoms with Gasteiger partial charge in [-0.05, 0) is 50.7 Å². The van der Waals surface area contributed by atoms with Gasteiger partial charge in [-0.1, -0.05) is 38.1 Å². The largest absolute Gasteiger partial charge is 0.393 e. The van der Waals surface area contributed by atoms with Crippen LogP contribution in [0.5, 0.6) is 0 Å². The summed E-state index contributed by atoms with van der Waals surface area (Å²) in [5, 5.41) is 12.4. The van der Waals surface area contributed by atoms with E-state index in [0.717, 1.165) is 12.0 Å². The molecule has 1 rings (SSSR count). The number of nitrogens with one attached hydrogen (secondary N) is 1. The van der Waals surface area contributed by atoms with Gasteiger partial charge in [0.25, 0.3) is 0 Å². The van der Waals surface area contributed by atoms with Gasteiger partial charge < -0.3 is 10.4 Å². The molecule has 0 bridgehead atoms. The molecule has 1 aromatic rings. The van der Waals surface area contributed by atoms with Crippen LogP contribution in [0.2, 0.25) is 0 Å². The standard InChI is InChI=1S/C18H29NO2/c1-6-15-7-9-16(10-8-15)18(4,5)17(21)19-12-13(2)11-14(3)20/h7-10,13-14,20H,6,11-12H2,1-5H3,(H,19,21). The summed E-state index contributed by atoms with van der Waals surface area (Å²) in [7, 11) is 0. The molecule has 0 heterocycles. The second-order valence-corrected chi connectivity index (χ2v) is 6.58. The molecule has 0 spiro atoms. The fourth-order valence-corrected chi connectivity index (χ4v) is 2.44. The van der Waals surface area contributed by atoms with Gasteiger partial charge in [0.1, 0.15) is 0 Å². The molecular weight excluding hydrogens is 262 g/mol. The van der Waals surface area contributed by atoms with E-state index in [1.54, 1.807) is 6.92 Å². The normalized spacial score (nSPS) is 14.6. The predicted octanol–water partition coefficient (Wildman–Crippen LogP) is 3.05. The van der Waals surface area contributed by atoms with Crippen LogP contribution in [-0.2, 0) is 16.6 Å². The van der Waals surface area contributed by atoms with Gasteiger partial charge in [-0.15, -0.1) is 0 Å². The van der Waals surface area contributed by atoms with Crippen LogP contribution in [0, 0.1) is 5.92 Å². The lowest BCUT2D eigenvalue weighted by molar-refractivity contribution is -0.125. The first-order valence-electron chi connectivity index (χ1n) is 7.83. The Hall–Kier alpha value is -1.35. The van der Waals surface area contributed by atoms with Crippen molar-refractivity contribution in [3.63, 3.8) is 0 Å². The first kappa shape index (κ1) is 17.7. The Kier molecular flexibility index (Phi) is 6.41. The highest BCUT2D eigenvalue weighted by atomic mass is 16.3. The average Bonchev–Trinajstić information content (AvgIpc) is 2.44. The van der Waals surface area contributed by atoms with Crippen LogP contribution in [0.1, 0.15) is 52.2 Å². The molecule has 0 aliphatic rings. The number of hydrogen-bond acceptors (Lipinski definition) is 2. The lowest BCUT2D eigenvalue weighted by atomic mass is 9.83. The second kappa shape index (κ2) is 7.60. The zero-order chi connectivity index (χ0) is 16.0. The fourth-order valence-electron chi connectivity index (χ4n) is 2.44. The number of aryl methyl sites for hydroxylation is 1. The maximum Gasteiger partial charge on any atom is 0.230 e. The SMILES string of the molecule is CCc1ccc(C(C)(C)C(=O)NCC(C)CC(C)O)cc1. The molecule has 0 radical (unpaired) electrons. The number of aliphatic hydroxyl groups excluding tert-OH is 1. The summed E-state index contributed by atoms with van der Waals surface area (Å²) in [5.41, 5.74) is 1.76. The van der Waals surface area contributed by atoms with E-state index in [9.17, 15) is 9.90 Å². The van der Waals surface area contributed by atoms with Gasteiger partial charge in [0.2, 0.25) is 5.91 Å². The van der Waals surface area contributed by atoms with E-state index in [0.29, 0.717) is 13.0 Å². The van der Waals surface area contributed by atoms with Gasteiger partial charge in [0.05, 0.1) is 11.5 Å². The van der Waals surface area contributed by atoms with Crippen LogP contribution >= 0.6 is 0 Å². The molecule has 2 unspecified atom stereocenters. The number of carbonyl (C=O) groups is 1. The fraction of sp³-hybridized carbons (Fsp3) is 0.611. The van der Waals surface area contributed by atoms with Crippen LogP contribution in [0.3, 0.4) is 0 Å². The minimum Gasteiger partial charge on any atom is -0.393 e. The third-order valence-corrected chi connectivity index (χ3v) is 4.01. The summed E-state index contributed by atoms with van der Waals surface area (Å²) in [6, 6.07) is 8.25. The lowest BCUT2D eigenvalue weighted by Gasteiger charge is -2.25. The number of benzene rings is 1. The van der Waals surface area contributed by atoms with Crippen LogP contribution in [-0.4, -0.2) is 23.7 Å². The molecule has 0 fully saturated rings. The van der Waals surface area contributed by atoms with Gasteiger partial charge in [-0.2, -0.15) is 0 Å². The molecule has 0 saturated heterocycles. The summed E-state index contributed by atoms with van der Waals surface area (Å²) < 4.78 is 0. The minimum atomic E-state index is -0.545. The van der Waals surface area contributed by atoms with E-state index < -0.39 is 5.41 Å². The molecule has 0 saturated carbocycles. The van der Waals surface area contributed by atoms with Crippen molar-refractivity contribution in [3.8, 4) is 0 Å². The van der Waals surface area contributed by atoms with Crippen molar-refractivity contribution in [2.24, 2.45) is 5.92 Å². The molecule has 3 heteroatoms. The molecule has 3 nitrogen and oxygen atoms in total. The van der Waals surface area contributed by atoms with Crippen LogP contribution in [0.25, 0.3) is 0 Å². The van der Waals surface area contributed by atoms with Gasteiger partial charge in [0, 0.05) is 6.54 Å². The third kappa shape index (κ3) is 5.16. The Bertz CT molecular complexity index is 449. The van der Waals surface area contributed by atoms with Gasteiger partial charge in [-0.3, -0.25) is 4.79 Å². The van der Waals surface area contributed by atoms with Crippen LogP contribution in [0.15, 0.2) is 24.3 Å². The molecule has 2 N–H and O–H groups in total. The Morgan fingerprint density at radius 2 is 1.81 bits per heavy atom. The molecule has 1 aromatic carbocycles. The van der Waals surface area contributed by atoms with Crippen molar-refractivity contribution in [3.05, 3.63) is 35.4 Å². The third-order valence-electron chi connectivity index (χ3n) is 4.01. The predicted molar refractivity (Wildman–Crippen MR) is 87.3 cm³/mol. The number of carbonyl (C=O) groups excluding carboxylic acids is 1. The maximum atomic E-state index is 12.4. The Balaban J connectivity index is 2.65. The first-order valence-corrected chi connectivity index (χ1v) is 7.83. The number of amides is 1. The Morgan fingerprint density at radius 3 is 2.29 bits per heavy atom. The lowest BCUT2D eigenvalue weighted by Crippen LogP contribution is -2.42. The highest BCUT2D eigenvalue weighted by Crippen LogP contribution is 2.24. The van der Waals surface area contributed by atoms with E-state index in [1.165, 1.54) is 5.56 Å². The van der Waals surface area contributed by atoms with Crippen molar-refractivity contribution < 1.29 is 9.90 Å². The zero-order valence-electron chi connectivity index (χ0n) is 13.9. The monoisotopic (exact) mass is 291 g/mol. The highest BCUT2D eigenvalue weighted by Gasteiger charge is 2.29. The van der Waals surface area contributed by atoms with Gasteiger partial charge in [0.15, 0.2) is 0 Å². The second-order valence-electron chi connectivity index (χ2n) is 6.58. The summed E-state index contributed by atoms with van der Waals surface area (Å²) >= 11 is 0. The summed E-state index contributed by atoms with van der Waals surface area (Å²) in [6.07, 6.45) is 1.38.